The molecule has 0 bridgehead atoms. The van der Waals surface area contributed by atoms with Crippen molar-refractivity contribution in [2.75, 3.05) is 6.54 Å². The Kier molecular flexibility index (Phi) is 5.65. The molecule has 0 aromatic carbocycles. The molecule has 2 rings (SSSR count). The van der Waals surface area contributed by atoms with Gasteiger partial charge in [-0.2, -0.15) is 0 Å². The summed E-state index contributed by atoms with van der Waals surface area (Å²) in [5.74, 6) is -0.0181. The number of carboxylic acid groups (broad SMARTS) is 1. The molecule has 0 heterocycles. The van der Waals surface area contributed by atoms with E-state index in [0.29, 0.717) is 25.3 Å². The second kappa shape index (κ2) is 7.28. The fourth-order valence-corrected chi connectivity index (χ4v) is 3.98. The van der Waals surface area contributed by atoms with Crippen molar-refractivity contribution in [3.8, 4) is 0 Å². The summed E-state index contributed by atoms with van der Waals surface area (Å²) in [6.07, 6.45) is 10.4. The van der Waals surface area contributed by atoms with Crippen LogP contribution in [0.5, 0.6) is 0 Å². The molecule has 2 aliphatic carbocycles. The number of amides is 1. The van der Waals surface area contributed by atoms with Crippen LogP contribution in [0.2, 0.25) is 0 Å². The molecule has 4 nitrogen and oxygen atoms in total. The van der Waals surface area contributed by atoms with Crippen LogP contribution in [0, 0.1) is 17.3 Å². The molecule has 2 fully saturated rings. The highest BCUT2D eigenvalue weighted by Crippen LogP contribution is 2.36. The molecule has 0 aliphatic heterocycles. The third-order valence-electron chi connectivity index (χ3n) is 5.47. The number of rotatable bonds is 6. The third-order valence-corrected chi connectivity index (χ3v) is 5.47. The zero-order chi connectivity index (χ0) is 15.3. The average Bonchev–Trinajstić information content (AvgIpc) is 2.98. The van der Waals surface area contributed by atoms with Crippen molar-refractivity contribution >= 4 is 11.9 Å². The summed E-state index contributed by atoms with van der Waals surface area (Å²) >= 11 is 0. The van der Waals surface area contributed by atoms with Crippen LogP contribution in [0.15, 0.2) is 0 Å². The largest absolute Gasteiger partial charge is 0.481 e. The second-order valence-corrected chi connectivity index (χ2v) is 7.15. The molecule has 0 aromatic heterocycles. The van der Waals surface area contributed by atoms with Crippen LogP contribution < -0.4 is 5.32 Å². The fourth-order valence-electron chi connectivity index (χ4n) is 3.98. The molecule has 21 heavy (non-hydrogen) atoms. The quantitative estimate of drug-likeness (QED) is 0.789. The first-order valence-corrected chi connectivity index (χ1v) is 8.55. The topological polar surface area (TPSA) is 66.4 Å². The Balaban J connectivity index is 1.82. The average molecular weight is 295 g/mol. The first-order valence-electron chi connectivity index (χ1n) is 8.55. The van der Waals surface area contributed by atoms with E-state index in [1.807, 2.05) is 6.92 Å². The lowest BCUT2D eigenvalue weighted by molar-refractivity contribution is -0.151. The minimum Gasteiger partial charge on any atom is -0.481 e. The van der Waals surface area contributed by atoms with Gasteiger partial charge in [-0.15, -0.1) is 0 Å². The van der Waals surface area contributed by atoms with Gasteiger partial charge in [-0.3, -0.25) is 9.59 Å². The molecule has 1 amide bonds. The number of hydrogen-bond donors (Lipinski definition) is 2. The van der Waals surface area contributed by atoms with Crippen LogP contribution in [0.25, 0.3) is 0 Å². The van der Waals surface area contributed by atoms with E-state index < -0.39 is 11.4 Å². The monoisotopic (exact) mass is 295 g/mol. The van der Waals surface area contributed by atoms with Crippen molar-refractivity contribution in [2.45, 2.75) is 71.1 Å². The van der Waals surface area contributed by atoms with Crippen molar-refractivity contribution in [1.82, 2.24) is 5.32 Å². The summed E-state index contributed by atoms with van der Waals surface area (Å²) in [6, 6.07) is 0. The fraction of sp³-hybridized carbons (Fsp3) is 0.882. The van der Waals surface area contributed by atoms with E-state index in [4.69, 9.17) is 0 Å². The van der Waals surface area contributed by atoms with Gasteiger partial charge in [0.15, 0.2) is 0 Å². The number of aliphatic carboxylic acids is 1. The minimum atomic E-state index is -0.744. The highest BCUT2D eigenvalue weighted by molar-refractivity contribution is 5.80. The van der Waals surface area contributed by atoms with E-state index in [1.54, 1.807) is 0 Å². The maximum absolute atomic E-state index is 12.2. The Morgan fingerprint density at radius 3 is 2.33 bits per heavy atom. The SMILES string of the molecule is CC(CC1CCCC1)C(=O)NCC1(C(=O)O)CCCCC1. The molecule has 1 unspecified atom stereocenters. The van der Waals surface area contributed by atoms with Gasteiger partial charge in [0.2, 0.25) is 5.91 Å². The summed E-state index contributed by atoms with van der Waals surface area (Å²) in [7, 11) is 0. The van der Waals surface area contributed by atoms with E-state index >= 15 is 0 Å². The summed E-state index contributed by atoms with van der Waals surface area (Å²) in [5, 5.41) is 12.4. The van der Waals surface area contributed by atoms with Crippen molar-refractivity contribution in [2.24, 2.45) is 17.3 Å². The Morgan fingerprint density at radius 1 is 1.14 bits per heavy atom. The summed E-state index contributed by atoms with van der Waals surface area (Å²) in [6.45, 7) is 2.28. The molecule has 0 spiro atoms. The minimum absolute atomic E-state index is 0.00235. The molecule has 4 heteroatoms. The van der Waals surface area contributed by atoms with Crippen molar-refractivity contribution < 1.29 is 14.7 Å². The molecule has 0 radical (unpaired) electrons. The zero-order valence-electron chi connectivity index (χ0n) is 13.2. The van der Waals surface area contributed by atoms with Crippen LogP contribution in [0.3, 0.4) is 0 Å². The maximum atomic E-state index is 12.2. The highest BCUT2D eigenvalue weighted by Gasteiger charge is 2.40. The Labute approximate surface area is 127 Å². The molecule has 2 aliphatic rings. The van der Waals surface area contributed by atoms with Gasteiger partial charge in [-0.05, 0) is 25.2 Å². The zero-order valence-corrected chi connectivity index (χ0v) is 13.2. The van der Waals surface area contributed by atoms with E-state index in [-0.39, 0.29) is 11.8 Å². The number of hydrogen-bond acceptors (Lipinski definition) is 2. The number of nitrogens with one attached hydrogen (secondary N) is 1. The van der Waals surface area contributed by atoms with Crippen LogP contribution in [0.1, 0.15) is 71.1 Å². The van der Waals surface area contributed by atoms with Gasteiger partial charge in [-0.1, -0.05) is 51.9 Å². The lowest BCUT2D eigenvalue weighted by Crippen LogP contribution is -2.45. The van der Waals surface area contributed by atoms with E-state index in [9.17, 15) is 14.7 Å². The van der Waals surface area contributed by atoms with Crippen LogP contribution in [-0.4, -0.2) is 23.5 Å². The molecule has 0 saturated heterocycles. The normalized spacial score (nSPS) is 23.7. The Hall–Kier alpha value is -1.06. The first kappa shape index (κ1) is 16.3. The van der Waals surface area contributed by atoms with Gasteiger partial charge in [-0.25, -0.2) is 0 Å². The molecular formula is C17H29NO3. The van der Waals surface area contributed by atoms with Gasteiger partial charge >= 0.3 is 5.97 Å². The molecule has 0 aromatic rings. The molecule has 2 saturated carbocycles. The van der Waals surface area contributed by atoms with Crippen molar-refractivity contribution in [1.29, 1.82) is 0 Å². The summed E-state index contributed by atoms with van der Waals surface area (Å²) < 4.78 is 0. The number of carbonyl (C=O) groups is 2. The summed E-state index contributed by atoms with van der Waals surface area (Å²) in [4.78, 5) is 23.8. The smallest absolute Gasteiger partial charge is 0.311 e. The van der Waals surface area contributed by atoms with E-state index in [2.05, 4.69) is 5.32 Å². The lowest BCUT2D eigenvalue weighted by atomic mass is 9.74. The third kappa shape index (κ3) is 4.21. The highest BCUT2D eigenvalue weighted by atomic mass is 16.4. The van der Waals surface area contributed by atoms with Crippen molar-refractivity contribution in [3.05, 3.63) is 0 Å². The Bertz CT molecular complexity index is 368. The van der Waals surface area contributed by atoms with E-state index in [0.717, 1.165) is 25.7 Å². The van der Waals surface area contributed by atoms with Gasteiger partial charge < -0.3 is 10.4 Å². The second-order valence-electron chi connectivity index (χ2n) is 7.15. The molecular weight excluding hydrogens is 266 g/mol. The van der Waals surface area contributed by atoms with Crippen LogP contribution in [0.4, 0.5) is 0 Å². The van der Waals surface area contributed by atoms with Gasteiger partial charge in [0, 0.05) is 12.5 Å². The molecule has 1 atom stereocenters. The predicted molar refractivity (Wildman–Crippen MR) is 81.9 cm³/mol. The molecule has 2 N–H and O–H groups in total. The Morgan fingerprint density at radius 2 is 1.76 bits per heavy atom. The molecule has 120 valence electrons. The number of carbonyl (C=O) groups excluding carboxylic acids is 1. The predicted octanol–water partition coefficient (Wildman–Crippen LogP) is 3.35. The van der Waals surface area contributed by atoms with Gasteiger partial charge in [0.25, 0.3) is 0 Å². The van der Waals surface area contributed by atoms with Crippen molar-refractivity contribution in [3.63, 3.8) is 0 Å². The van der Waals surface area contributed by atoms with Crippen LogP contribution >= 0.6 is 0 Å². The van der Waals surface area contributed by atoms with Crippen LogP contribution in [-0.2, 0) is 9.59 Å². The van der Waals surface area contributed by atoms with Gasteiger partial charge in [0.05, 0.1) is 5.41 Å². The van der Waals surface area contributed by atoms with Gasteiger partial charge in [0.1, 0.15) is 0 Å². The first-order chi connectivity index (χ1) is 10.0. The maximum Gasteiger partial charge on any atom is 0.311 e. The lowest BCUT2D eigenvalue weighted by Gasteiger charge is -2.33. The number of carboxylic acids is 1. The van der Waals surface area contributed by atoms with E-state index in [1.165, 1.54) is 25.7 Å². The standard InChI is InChI=1S/C17H29NO3/c1-13(11-14-7-3-4-8-14)15(19)18-12-17(16(20)21)9-5-2-6-10-17/h13-14H,2-12H2,1H3,(H,18,19)(H,20,21). The summed E-state index contributed by atoms with van der Waals surface area (Å²) in [5.41, 5.74) is -0.721.